The number of nitrogen functional groups attached to an aromatic ring is 1. The second-order valence-electron chi connectivity index (χ2n) is 3.50. The van der Waals surface area contributed by atoms with Crippen molar-refractivity contribution in [3.05, 3.63) is 17.7 Å². The SMILES string of the molecule is CCN(CCOC)c1cc(C)cc(N)n1. The second-order valence-corrected chi connectivity index (χ2v) is 3.50. The Morgan fingerprint density at radius 3 is 2.73 bits per heavy atom. The third kappa shape index (κ3) is 3.40. The van der Waals surface area contributed by atoms with Crippen LogP contribution in [0.25, 0.3) is 0 Å². The van der Waals surface area contributed by atoms with Crippen molar-refractivity contribution in [3.63, 3.8) is 0 Å². The Kier molecular flexibility index (Phi) is 4.37. The minimum Gasteiger partial charge on any atom is -0.384 e. The molecule has 0 aromatic carbocycles. The van der Waals surface area contributed by atoms with E-state index in [1.165, 1.54) is 0 Å². The second kappa shape index (κ2) is 5.56. The highest BCUT2D eigenvalue weighted by Crippen LogP contribution is 2.15. The van der Waals surface area contributed by atoms with Crippen LogP contribution in [0, 0.1) is 6.92 Å². The first-order valence-electron chi connectivity index (χ1n) is 5.15. The van der Waals surface area contributed by atoms with E-state index in [-0.39, 0.29) is 0 Å². The van der Waals surface area contributed by atoms with Crippen LogP contribution < -0.4 is 10.6 Å². The number of rotatable bonds is 5. The van der Waals surface area contributed by atoms with Gasteiger partial charge in [-0.1, -0.05) is 0 Å². The van der Waals surface area contributed by atoms with Gasteiger partial charge in [0.2, 0.25) is 0 Å². The van der Waals surface area contributed by atoms with E-state index in [1.54, 1.807) is 7.11 Å². The summed E-state index contributed by atoms with van der Waals surface area (Å²) in [5, 5.41) is 0. The lowest BCUT2D eigenvalue weighted by molar-refractivity contribution is 0.205. The summed E-state index contributed by atoms with van der Waals surface area (Å²) in [5.41, 5.74) is 6.84. The molecule has 0 fully saturated rings. The van der Waals surface area contributed by atoms with E-state index in [0.29, 0.717) is 12.4 Å². The number of likely N-dealkylation sites (N-methyl/N-ethyl adjacent to an activating group) is 1. The Bertz CT molecular complexity index is 294. The first kappa shape index (κ1) is 11.8. The summed E-state index contributed by atoms with van der Waals surface area (Å²) in [6.45, 7) is 6.55. The molecule has 1 aromatic heterocycles. The fourth-order valence-corrected chi connectivity index (χ4v) is 1.47. The van der Waals surface area contributed by atoms with Gasteiger partial charge in [0.25, 0.3) is 0 Å². The lowest BCUT2D eigenvalue weighted by atomic mass is 10.2. The van der Waals surface area contributed by atoms with Crippen LogP contribution in [-0.2, 0) is 4.74 Å². The van der Waals surface area contributed by atoms with Crippen molar-refractivity contribution in [2.75, 3.05) is 37.4 Å². The summed E-state index contributed by atoms with van der Waals surface area (Å²) in [7, 11) is 1.70. The Morgan fingerprint density at radius 2 is 2.20 bits per heavy atom. The fourth-order valence-electron chi connectivity index (χ4n) is 1.47. The minimum absolute atomic E-state index is 0.570. The van der Waals surface area contributed by atoms with Crippen LogP contribution in [0.1, 0.15) is 12.5 Å². The quantitative estimate of drug-likeness (QED) is 0.797. The zero-order chi connectivity index (χ0) is 11.3. The van der Waals surface area contributed by atoms with Gasteiger partial charge < -0.3 is 15.4 Å². The molecule has 0 saturated carbocycles. The maximum Gasteiger partial charge on any atom is 0.131 e. The molecule has 2 N–H and O–H groups in total. The Morgan fingerprint density at radius 1 is 1.47 bits per heavy atom. The van der Waals surface area contributed by atoms with Crippen LogP contribution in [0.2, 0.25) is 0 Å². The van der Waals surface area contributed by atoms with Gasteiger partial charge in [0.1, 0.15) is 11.6 Å². The molecule has 0 amide bonds. The molecule has 15 heavy (non-hydrogen) atoms. The fraction of sp³-hybridized carbons (Fsp3) is 0.545. The van der Waals surface area contributed by atoms with E-state index in [2.05, 4.69) is 16.8 Å². The van der Waals surface area contributed by atoms with E-state index >= 15 is 0 Å². The number of hydrogen-bond donors (Lipinski definition) is 1. The van der Waals surface area contributed by atoms with Gasteiger partial charge in [0.15, 0.2) is 0 Å². The third-order valence-electron chi connectivity index (χ3n) is 2.25. The molecule has 0 bridgehead atoms. The van der Waals surface area contributed by atoms with E-state index < -0.39 is 0 Å². The number of nitrogens with zero attached hydrogens (tertiary/aromatic N) is 2. The van der Waals surface area contributed by atoms with Crippen molar-refractivity contribution in [1.82, 2.24) is 4.98 Å². The van der Waals surface area contributed by atoms with Gasteiger partial charge in [-0.15, -0.1) is 0 Å². The van der Waals surface area contributed by atoms with Gasteiger partial charge in [-0.3, -0.25) is 0 Å². The number of methoxy groups -OCH3 is 1. The molecular formula is C11H19N3O. The summed E-state index contributed by atoms with van der Waals surface area (Å²) in [5.74, 6) is 1.49. The monoisotopic (exact) mass is 209 g/mol. The van der Waals surface area contributed by atoms with Gasteiger partial charge in [-0.05, 0) is 31.5 Å². The molecule has 84 valence electrons. The molecule has 0 aliphatic heterocycles. The maximum absolute atomic E-state index is 5.71. The molecule has 4 heteroatoms. The molecule has 0 radical (unpaired) electrons. The van der Waals surface area contributed by atoms with Crippen LogP contribution in [0.5, 0.6) is 0 Å². The largest absolute Gasteiger partial charge is 0.384 e. The normalized spacial score (nSPS) is 10.3. The smallest absolute Gasteiger partial charge is 0.131 e. The summed E-state index contributed by atoms with van der Waals surface area (Å²) < 4.78 is 5.06. The predicted molar refractivity (Wildman–Crippen MR) is 63.1 cm³/mol. The van der Waals surface area contributed by atoms with Crippen molar-refractivity contribution < 1.29 is 4.74 Å². The predicted octanol–water partition coefficient (Wildman–Crippen LogP) is 1.44. The number of nitrogens with two attached hydrogens (primary N) is 1. The molecule has 1 rings (SSSR count). The summed E-state index contributed by atoms with van der Waals surface area (Å²) >= 11 is 0. The van der Waals surface area contributed by atoms with Gasteiger partial charge in [-0.2, -0.15) is 0 Å². The van der Waals surface area contributed by atoms with E-state index in [4.69, 9.17) is 10.5 Å². The van der Waals surface area contributed by atoms with Crippen LogP contribution in [0.4, 0.5) is 11.6 Å². The lowest BCUT2D eigenvalue weighted by Gasteiger charge is -2.22. The van der Waals surface area contributed by atoms with Crippen molar-refractivity contribution in [3.8, 4) is 0 Å². The molecule has 0 saturated heterocycles. The number of pyridine rings is 1. The van der Waals surface area contributed by atoms with Gasteiger partial charge >= 0.3 is 0 Å². The molecule has 0 atom stereocenters. The maximum atomic E-state index is 5.71. The number of aryl methyl sites for hydroxylation is 1. The Hall–Kier alpha value is -1.29. The third-order valence-corrected chi connectivity index (χ3v) is 2.25. The number of hydrogen-bond acceptors (Lipinski definition) is 4. The van der Waals surface area contributed by atoms with Crippen LogP contribution in [-0.4, -0.2) is 31.8 Å². The van der Waals surface area contributed by atoms with Crippen LogP contribution in [0.3, 0.4) is 0 Å². The van der Waals surface area contributed by atoms with Crippen molar-refractivity contribution in [1.29, 1.82) is 0 Å². The number of anilines is 2. The Balaban J connectivity index is 2.81. The molecular weight excluding hydrogens is 190 g/mol. The molecule has 1 heterocycles. The number of aromatic nitrogens is 1. The Labute approximate surface area is 91.1 Å². The average molecular weight is 209 g/mol. The average Bonchev–Trinajstić information content (AvgIpc) is 2.17. The first-order valence-corrected chi connectivity index (χ1v) is 5.15. The molecule has 0 spiro atoms. The summed E-state index contributed by atoms with van der Waals surface area (Å²) in [4.78, 5) is 6.45. The van der Waals surface area contributed by atoms with Gasteiger partial charge in [0, 0.05) is 20.2 Å². The minimum atomic E-state index is 0.570. The highest BCUT2D eigenvalue weighted by molar-refractivity contribution is 5.48. The van der Waals surface area contributed by atoms with E-state index in [9.17, 15) is 0 Å². The highest BCUT2D eigenvalue weighted by Gasteiger charge is 2.06. The standard InChI is InChI=1S/C11H19N3O/c1-4-14(5-6-15-3)11-8-9(2)7-10(12)13-11/h7-8H,4-6H2,1-3H3,(H2,12,13). The summed E-state index contributed by atoms with van der Waals surface area (Å²) in [6.07, 6.45) is 0. The highest BCUT2D eigenvalue weighted by atomic mass is 16.5. The number of ether oxygens (including phenoxy) is 1. The van der Waals surface area contributed by atoms with Crippen LogP contribution in [0.15, 0.2) is 12.1 Å². The molecule has 4 nitrogen and oxygen atoms in total. The van der Waals surface area contributed by atoms with Crippen LogP contribution >= 0.6 is 0 Å². The topological polar surface area (TPSA) is 51.4 Å². The lowest BCUT2D eigenvalue weighted by Crippen LogP contribution is -2.27. The van der Waals surface area contributed by atoms with E-state index in [0.717, 1.165) is 24.5 Å². The first-order chi connectivity index (χ1) is 7.17. The van der Waals surface area contributed by atoms with Gasteiger partial charge in [0.05, 0.1) is 6.61 Å². The zero-order valence-corrected chi connectivity index (χ0v) is 9.66. The van der Waals surface area contributed by atoms with Crippen molar-refractivity contribution in [2.45, 2.75) is 13.8 Å². The summed E-state index contributed by atoms with van der Waals surface area (Å²) in [6, 6.07) is 3.91. The molecule has 0 aliphatic carbocycles. The van der Waals surface area contributed by atoms with E-state index in [1.807, 2.05) is 19.1 Å². The van der Waals surface area contributed by atoms with Crippen molar-refractivity contribution >= 4 is 11.6 Å². The molecule has 0 unspecified atom stereocenters. The molecule has 0 aliphatic rings. The van der Waals surface area contributed by atoms with Gasteiger partial charge in [-0.25, -0.2) is 4.98 Å². The zero-order valence-electron chi connectivity index (χ0n) is 9.66. The van der Waals surface area contributed by atoms with Crippen molar-refractivity contribution in [2.24, 2.45) is 0 Å². The molecule has 1 aromatic rings.